The number of hydrazone groups is 1. The number of nitrogens with two attached hydrogens (primary N) is 1. The summed E-state index contributed by atoms with van der Waals surface area (Å²) >= 11 is 0. The van der Waals surface area contributed by atoms with Gasteiger partial charge in [0.1, 0.15) is 0 Å². The number of hydrogen-bond donors (Lipinski definition) is 3. The van der Waals surface area contributed by atoms with E-state index in [0.717, 1.165) is 0 Å². The lowest BCUT2D eigenvalue weighted by molar-refractivity contribution is 0.435. The van der Waals surface area contributed by atoms with E-state index in [0.29, 0.717) is 5.84 Å². The van der Waals surface area contributed by atoms with Crippen LogP contribution in [-0.2, 0) is 0 Å². The normalized spacial score (nSPS) is 25.1. The molecule has 6 heteroatoms. The van der Waals surface area contributed by atoms with E-state index < -0.39 is 0 Å². The highest BCUT2D eigenvalue weighted by molar-refractivity contribution is 5.79. The molecular formula is C3H8N6. The molecule has 1 heterocycles. The first-order valence-corrected chi connectivity index (χ1v) is 2.50. The highest BCUT2D eigenvalue weighted by atomic mass is 15.5. The fourth-order valence-corrected chi connectivity index (χ4v) is 0.415. The number of rotatable bonds is 1. The monoisotopic (exact) mass is 128 g/mol. The Kier molecular flexibility index (Phi) is 1.71. The maximum atomic E-state index is 5.01. The van der Waals surface area contributed by atoms with Crippen LogP contribution in [0, 0.1) is 0 Å². The molecule has 4 N–H and O–H groups in total. The lowest BCUT2D eigenvalue weighted by Gasteiger charge is -2.11. The van der Waals surface area contributed by atoms with Crippen LogP contribution < -0.4 is 16.7 Å². The van der Waals surface area contributed by atoms with E-state index in [1.807, 2.05) is 0 Å². The van der Waals surface area contributed by atoms with Gasteiger partial charge in [0.25, 0.3) is 0 Å². The van der Waals surface area contributed by atoms with Gasteiger partial charge in [-0.15, -0.1) is 10.2 Å². The Balaban J connectivity index is 2.48. The molecule has 0 spiro atoms. The molecule has 9 heavy (non-hydrogen) atoms. The molecule has 1 aliphatic heterocycles. The van der Waals surface area contributed by atoms with Crippen molar-refractivity contribution in [2.45, 2.75) is 13.2 Å². The van der Waals surface area contributed by atoms with E-state index >= 15 is 0 Å². The van der Waals surface area contributed by atoms with Crippen molar-refractivity contribution in [3.63, 3.8) is 0 Å². The van der Waals surface area contributed by atoms with Crippen molar-refractivity contribution in [3.8, 4) is 0 Å². The summed E-state index contributed by atoms with van der Waals surface area (Å²) in [5.74, 6) is 5.61. The predicted molar refractivity (Wildman–Crippen MR) is 32.2 cm³/mol. The fourth-order valence-electron chi connectivity index (χ4n) is 0.415. The van der Waals surface area contributed by atoms with Crippen LogP contribution >= 0.6 is 0 Å². The minimum Gasteiger partial charge on any atom is -0.268 e. The minimum atomic E-state index is -0.381. The summed E-state index contributed by atoms with van der Waals surface area (Å²) in [5, 5.41) is 11.1. The number of nitrogens with one attached hydrogen (secondary N) is 2. The molecule has 0 bridgehead atoms. The largest absolute Gasteiger partial charge is 0.268 e. The molecule has 0 amide bonds. The Morgan fingerprint density at radius 2 is 2.56 bits per heavy atom. The average molecular weight is 128 g/mol. The molecule has 50 valence electrons. The van der Waals surface area contributed by atoms with Crippen LogP contribution in [0.5, 0.6) is 0 Å². The van der Waals surface area contributed by atoms with Crippen LogP contribution in [0.2, 0.25) is 0 Å². The molecule has 1 rings (SSSR count). The molecule has 0 radical (unpaired) electrons. The molecule has 0 fully saturated rings. The van der Waals surface area contributed by atoms with Crippen LogP contribution in [0.25, 0.3) is 0 Å². The Morgan fingerprint density at radius 3 is 3.00 bits per heavy atom. The Labute approximate surface area is 52.2 Å². The van der Waals surface area contributed by atoms with E-state index in [2.05, 4.69) is 26.2 Å². The number of hydrazine groups is 1. The second kappa shape index (κ2) is 2.51. The Hall–Kier alpha value is -1.01. The van der Waals surface area contributed by atoms with E-state index in [1.165, 1.54) is 0 Å². The van der Waals surface area contributed by atoms with Crippen molar-refractivity contribution >= 4 is 5.84 Å². The summed E-state index contributed by atoms with van der Waals surface area (Å²) in [6.07, 6.45) is -0.381. The molecule has 1 unspecified atom stereocenters. The molecule has 0 aromatic heterocycles. The van der Waals surface area contributed by atoms with E-state index in [1.54, 1.807) is 6.92 Å². The van der Waals surface area contributed by atoms with Gasteiger partial charge in [-0.1, -0.05) is 0 Å². The van der Waals surface area contributed by atoms with Crippen LogP contribution in [0.1, 0.15) is 6.92 Å². The summed E-state index contributed by atoms with van der Waals surface area (Å²) in [6, 6.07) is 0. The molecule has 0 aromatic rings. The van der Waals surface area contributed by atoms with Crippen molar-refractivity contribution in [3.05, 3.63) is 0 Å². The molecule has 1 aliphatic rings. The summed E-state index contributed by atoms with van der Waals surface area (Å²) < 4.78 is 0. The van der Waals surface area contributed by atoms with Gasteiger partial charge < -0.3 is 0 Å². The smallest absolute Gasteiger partial charge is 0.220 e. The SMILES string of the molecule is CC1=NNC(NN)N=N1. The van der Waals surface area contributed by atoms with Crippen molar-refractivity contribution in [1.29, 1.82) is 0 Å². The predicted octanol–water partition coefficient (Wildman–Crippen LogP) is -0.878. The first-order valence-electron chi connectivity index (χ1n) is 2.50. The average Bonchev–Trinajstić information content (AvgIpc) is 1.90. The van der Waals surface area contributed by atoms with Crippen LogP contribution in [0.4, 0.5) is 0 Å². The maximum Gasteiger partial charge on any atom is 0.220 e. The lowest BCUT2D eigenvalue weighted by atomic mass is 10.7. The van der Waals surface area contributed by atoms with Gasteiger partial charge in [0.2, 0.25) is 6.29 Å². The lowest BCUT2D eigenvalue weighted by Crippen LogP contribution is -2.43. The van der Waals surface area contributed by atoms with Crippen molar-refractivity contribution < 1.29 is 0 Å². The van der Waals surface area contributed by atoms with Gasteiger partial charge in [-0.25, -0.2) is 5.43 Å². The van der Waals surface area contributed by atoms with Crippen LogP contribution in [-0.4, -0.2) is 12.1 Å². The Bertz CT molecular complexity index is 148. The maximum absolute atomic E-state index is 5.01. The van der Waals surface area contributed by atoms with E-state index in [9.17, 15) is 0 Å². The standard InChI is InChI=1S/C3H8N6/c1-2-6-8-3(5-4)9-7-2/h3,5,8H,4H2,1H3. The zero-order chi connectivity index (χ0) is 6.69. The third kappa shape index (κ3) is 1.44. The third-order valence-corrected chi connectivity index (χ3v) is 0.824. The summed E-state index contributed by atoms with van der Waals surface area (Å²) in [4.78, 5) is 0. The first-order chi connectivity index (χ1) is 4.33. The van der Waals surface area contributed by atoms with Crippen molar-refractivity contribution in [2.24, 2.45) is 21.2 Å². The Morgan fingerprint density at radius 1 is 1.78 bits per heavy atom. The third-order valence-electron chi connectivity index (χ3n) is 0.824. The van der Waals surface area contributed by atoms with Crippen LogP contribution in [0.3, 0.4) is 0 Å². The van der Waals surface area contributed by atoms with Crippen molar-refractivity contribution in [2.75, 3.05) is 0 Å². The zero-order valence-electron chi connectivity index (χ0n) is 5.00. The van der Waals surface area contributed by atoms with Gasteiger partial charge in [-0.3, -0.25) is 11.3 Å². The number of azo groups is 1. The highest BCUT2D eigenvalue weighted by Crippen LogP contribution is 1.90. The second-order valence-corrected chi connectivity index (χ2v) is 1.57. The van der Waals surface area contributed by atoms with Gasteiger partial charge >= 0.3 is 0 Å². The molecule has 0 aliphatic carbocycles. The first kappa shape index (κ1) is 6.12. The fraction of sp³-hybridized carbons (Fsp3) is 0.667. The van der Waals surface area contributed by atoms with Gasteiger partial charge in [-0.2, -0.15) is 5.10 Å². The molecule has 1 atom stereocenters. The molecule has 0 saturated carbocycles. The second-order valence-electron chi connectivity index (χ2n) is 1.57. The van der Waals surface area contributed by atoms with Gasteiger partial charge in [0, 0.05) is 0 Å². The zero-order valence-corrected chi connectivity index (χ0v) is 5.00. The van der Waals surface area contributed by atoms with E-state index in [4.69, 9.17) is 5.84 Å². The van der Waals surface area contributed by atoms with Crippen molar-refractivity contribution in [1.82, 2.24) is 10.9 Å². The van der Waals surface area contributed by atoms with Gasteiger partial charge in [-0.05, 0) is 6.92 Å². The number of hydrogen-bond acceptors (Lipinski definition) is 6. The molecule has 6 nitrogen and oxygen atoms in total. The molecule has 0 aromatic carbocycles. The summed E-state index contributed by atoms with van der Waals surface area (Å²) in [7, 11) is 0. The molecule has 0 saturated heterocycles. The topological polar surface area (TPSA) is 87.2 Å². The molecular weight excluding hydrogens is 120 g/mol. The summed E-state index contributed by atoms with van der Waals surface area (Å²) in [5.41, 5.74) is 4.96. The minimum absolute atomic E-state index is 0.381. The number of amidine groups is 1. The van der Waals surface area contributed by atoms with Gasteiger partial charge in [0.05, 0.1) is 0 Å². The van der Waals surface area contributed by atoms with Crippen LogP contribution in [0.15, 0.2) is 15.3 Å². The summed E-state index contributed by atoms with van der Waals surface area (Å²) in [6.45, 7) is 1.74. The van der Waals surface area contributed by atoms with E-state index in [-0.39, 0.29) is 6.29 Å². The highest BCUT2D eigenvalue weighted by Gasteiger charge is 2.04. The number of nitrogens with zero attached hydrogens (tertiary/aromatic N) is 3. The quantitative estimate of drug-likeness (QED) is 0.316. The van der Waals surface area contributed by atoms with Gasteiger partial charge in [0.15, 0.2) is 5.84 Å².